The van der Waals surface area contributed by atoms with E-state index in [9.17, 15) is 19.2 Å². The zero-order chi connectivity index (χ0) is 38.6. The number of carbonyl (C=O) groups is 4. The number of benzene rings is 1. The van der Waals surface area contributed by atoms with Crippen LogP contribution in [-0.4, -0.2) is 81.8 Å². The molecule has 0 aliphatic carbocycles. The van der Waals surface area contributed by atoms with Crippen LogP contribution in [0.25, 0.3) is 0 Å². The van der Waals surface area contributed by atoms with Crippen LogP contribution in [0.2, 0.25) is 0 Å². The molecule has 0 saturated heterocycles. The number of anilines is 1. The molecule has 1 heterocycles. The summed E-state index contributed by atoms with van der Waals surface area (Å²) < 4.78 is 16.3. The summed E-state index contributed by atoms with van der Waals surface area (Å²) >= 11 is 1.80. The minimum absolute atomic E-state index is 0.0101. The Bertz CT molecular complexity index is 1440. The highest BCUT2D eigenvalue weighted by molar-refractivity contribution is 7.99. The van der Waals surface area contributed by atoms with Gasteiger partial charge in [-0.15, -0.1) is 0 Å². The molecule has 2 atom stereocenters. The Morgan fingerprint density at radius 3 is 1.96 bits per heavy atom. The standard InChI is InChI=1S/C37H60N6O7S/c1-24(2)30(32(45)38-25(3)31(44)39-27-15-13-26(14-16-27)23-50-33(46)36(7,8)9)40-34(47)49-20-19-48-18-17-43-41-28(21-35(4,5)6)29(42-43)22-37(10,11)51-12/h13-16,24-25,30H,17-23H2,1-12H3,(H,38,45)(H,39,44)(H,40,47)/t25-,30-/m0/s1. The molecule has 2 aromatic rings. The van der Waals surface area contributed by atoms with E-state index in [0.717, 1.165) is 29.8 Å². The van der Waals surface area contributed by atoms with Gasteiger partial charge >= 0.3 is 12.1 Å². The lowest BCUT2D eigenvalue weighted by Crippen LogP contribution is -2.53. The van der Waals surface area contributed by atoms with Gasteiger partial charge in [0.1, 0.15) is 25.3 Å². The van der Waals surface area contributed by atoms with E-state index in [2.05, 4.69) is 56.8 Å². The van der Waals surface area contributed by atoms with Crippen molar-refractivity contribution < 1.29 is 33.4 Å². The van der Waals surface area contributed by atoms with Crippen molar-refractivity contribution >= 4 is 41.3 Å². The highest BCUT2D eigenvalue weighted by Gasteiger charge is 2.28. The largest absolute Gasteiger partial charge is 0.460 e. The Hall–Kier alpha value is -3.65. The molecule has 2 rings (SSSR count). The van der Waals surface area contributed by atoms with E-state index in [1.54, 1.807) is 82.4 Å². The molecule has 0 fully saturated rings. The first-order chi connectivity index (χ1) is 23.6. The summed E-state index contributed by atoms with van der Waals surface area (Å²) in [4.78, 5) is 52.0. The van der Waals surface area contributed by atoms with Gasteiger partial charge in [-0.3, -0.25) is 14.4 Å². The fourth-order valence-electron chi connectivity index (χ4n) is 4.58. The maximum Gasteiger partial charge on any atom is 0.407 e. The van der Waals surface area contributed by atoms with Crippen molar-refractivity contribution in [3.8, 4) is 0 Å². The first-order valence-electron chi connectivity index (χ1n) is 17.5. The quantitative estimate of drug-likeness (QED) is 0.131. The van der Waals surface area contributed by atoms with Gasteiger partial charge in [0.15, 0.2) is 0 Å². The molecule has 286 valence electrons. The van der Waals surface area contributed by atoms with Crippen LogP contribution in [0.1, 0.15) is 93.1 Å². The zero-order valence-corrected chi connectivity index (χ0v) is 33.4. The first-order valence-corrected chi connectivity index (χ1v) is 18.7. The Balaban J connectivity index is 1.78. The second kappa shape index (κ2) is 19.3. The van der Waals surface area contributed by atoms with Crippen molar-refractivity contribution in [1.29, 1.82) is 0 Å². The van der Waals surface area contributed by atoms with Crippen LogP contribution >= 0.6 is 11.8 Å². The second-order valence-corrected chi connectivity index (χ2v) is 17.4. The smallest absolute Gasteiger partial charge is 0.407 e. The number of amides is 3. The molecule has 14 heteroatoms. The van der Waals surface area contributed by atoms with E-state index < -0.39 is 35.4 Å². The van der Waals surface area contributed by atoms with Crippen molar-refractivity contribution in [3.63, 3.8) is 0 Å². The second-order valence-electron chi connectivity index (χ2n) is 15.9. The summed E-state index contributed by atoms with van der Waals surface area (Å²) in [6.45, 7) is 22.5. The SMILES string of the molecule is CSC(C)(C)Cc1nn(CCOCCOC(=O)N[C@H](C(=O)N[C@@H](C)C(=O)Nc2ccc(COC(=O)C(C)(C)C)cc2)C(C)C)nc1CC(C)(C)C. The number of rotatable bonds is 18. The fraction of sp³-hybridized carbons (Fsp3) is 0.676. The number of carbonyl (C=O) groups excluding carboxylic acids is 4. The molecular weight excluding hydrogens is 673 g/mol. The van der Waals surface area contributed by atoms with E-state index >= 15 is 0 Å². The molecule has 13 nitrogen and oxygen atoms in total. The van der Waals surface area contributed by atoms with Crippen LogP contribution < -0.4 is 16.0 Å². The number of hydrogen-bond donors (Lipinski definition) is 3. The van der Waals surface area contributed by atoms with Gasteiger partial charge in [0, 0.05) is 16.9 Å². The summed E-state index contributed by atoms with van der Waals surface area (Å²) in [7, 11) is 0. The highest BCUT2D eigenvalue weighted by Crippen LogP contribution is 2.29. The van der Waals surface area contributed by atoms with Gasteiger partial charge in [0.25, 0.3) is 0 Å². The molecule has 0 aliphatic heterocycles. The lowest BCUT2D eigenvalue weighted by atomic mass is 9.89. The van der Waals surface area contributed by atoms with Crippen LogP contribution in [0, 0.1) is 16.7 Å². The number of alkyl carbamates (subject to hydrolysis) is 1. The van der Waals surface area contributed by atoms with E-state index in [4.69, 9.17) is 24.4 Å². The minimum Gasteiger partial charge on any atom is -0.460 e. The average molecular weight is 733 g/mol. The van der Waals surface area contributed by atoms with Crippen molar-refractivity contribution in [2.24, 2.45) is 16.7 Å². The minimum atomic E-state index is -0.928. The normalized spacial score (nSPS) is 13.4. The van der Waals surface area contributed by atoms with Gasteiger partial charge in [-0.25, -0.2) is 4.79 Å². The molecule has 3 N–H and O–H groups in total. The third kappa shape index (κ3) is 16.1. The van der Waals surface area contributed by atoms with E-state index in [-0.39, 0.29) is 41.9 Å². The van der Waals surface area contributed by atoms with Crippen molar-refractivity contribution in [2.75, 3.05) is 31.4 Å². The topological polar surface area (TPSA) is 163 Å². The molecule has 0 aliphatic rings. The molecule has 0 saturated carbocycles. The third-order valence-electron chi connectivity index (χ3n) is 7.72. The van der Waals surface area contributed by atoms with Gasteiger partial charge in [-0.2, -0.15) is 26.8 Å². The van der Waals surface area contributed by atoms with Crippen LogP contribution in [0.15, 0.2) is 24.3 Å². The number of nitrogens with one attached hydrogen (secondary N) is 3. The lowest BCUT2D eigenvalue weighted by molar-refractivity contribution is -0.154. The number of nitrogens with zero attached hydrogens (tertiary/aromatic N) is 3. The number of thioether (sulfide) groups is 1. The van der Waals surface area contributed by atoms with Crippen molar-refractivity contribution in [1.82, 2.24) is 25.6 Å². The summed E-state index contributed by atoms with van der Waals surface area (Å²) in [5.41, 5.74) is 2.78. The molecule has 1 aromatic heterocycles. The Morgan fingerprint density at radius 1 is 0.804 bits per heavy atom. The van der Waals surface area contributed by atoms with Gasteiger partial charge in [-0.05, 0) is 69.4 Å². The van der Waals surface area contributed by atoms with Crippen LogP contribution in [0.5, 0.6) is 0 Å². The highest BCUT2D eigenvalue weighted by atomic mass is 32.2. The Labute approximate surface area is 308 Å². The van der Waals surface area contributed by atoms with Gasteiger partial charge < -0.3 is 30.2 Å². The van der Waals surface area contributed by atoms with Crippen molar-refractivity contribution in [3.05, 3.63) is 41.2 Å². The van der Waals surface area contributed by atoms with E-state index in [1.165, 1.54) is 0 Å². The van der Waals surface area contributed by atoms with Crippen LogP contribution in [0.3, 0.4) is 0 Å². The maximum atomic E-state index is 13.0. The molecule has 3 amide bonds. The molecule has 0 radical (unpaired) electrons. The van der Waals surface area contributed by atoms with Crippen molar-refractivity contribution in [2.45, 2.75) is 119 Å². The van der Waals surface area contributed by atoms with Gasteiger partial charge in [0.2, 0.25) is 11.8 Å². The predicted octanol–water partition coefficient (Wildman–Crippen LogP) is 5.55. The average Bonchev–Trinajstić information content (AvgIpc) is 3.38. The Kier molecular flexibility index (Phi) is 16.4. The Morgan fingerprint density at radius 2 is 1.41 bits per heavy atom. The number of aromatic nitrogens is 3. The van der Waals surface area contributed by atoms with E-state index in [0.29, 0.717) is 18.8 Å². The number of esters is 1. The third-order valence-corrected chi connectivity index (χ3v) is 8.97. The fourth-order valence-corrected chi connectivity index (χ4v) is 4.86. The summed E-state index contributed by atoms with van der Waals surface area (Å²) in [5, 5.41) is 17.5. The number of ether oxygens (including phenoxy) is 3. The number of hydrogen-bond acceptors (Lipinski definition) is 10. The molecule has 0 bridgehead atoms. The van der Waals surface area contributed by atoms with Gasteiger partial charge in [0.05, 0.1) is 36.6 Å². The van der Waals surface area contributed by atoms with Gasteiger partial charge in [-0.1, -0.05) is 60.6 Å². The lowest BCUT2D eigenvalue weighted by Gasteiger charge is -2.23. The molecule has 0 spiro atoms. The predicted molar refractivity (Wildman–Crippen MR) is 200 cm³/mol. The van der Waals surface area contributed by atoms with Crippen LogP contribution in [-0.2, 0) is 54.6 Å². The zero-order valence-electron chi connectivity index (χ0n) is 32.6. The van der Waals surface area contributed by atoms with E-state index in [1.807, 2.05) is 0 Å². The molecule has 1 aromatic carbocycles. The summed E-state index contributed by atoms with van der Waals surface area (Å²) in [6.07, 6.45) is 2.98. The molecular formula is C37H60N6O7S. The maximum absolute atomic E-state index is 13.0. The summed E-state index contributed by atoms with van der Waals surface area (Å²) in [6, 6.07) is 5.05. The molecule has 51 heavy (non-hydrogen) atoms. The summed E-state index contributed by atoms with van der Waals surface area (Å²) in [5.74, 6) is -1.54. The molecule has 0 unspecified atom stereocenters. The van der Waals surface area contributed by atoms with Crippen LogP contribution in [0.4, 0.5) is 10.5 Å². The first kappa shape index (κ1) is 43.5. The monoisotopic (exact) mass is 732 g/mol.